The zero-order chi connectivity index (χ0) is 20.2. The Hall–Kier alpha value is -2.57. The molecule has 0 N–H and O–H groups in total. The fraction of sp³-hybridized carbons (Fsp3) is 0.400. The molecule has 4 nitrogen and oxygen atoms in total. The van der Waals surface area contributed by atoms with Crippen LogP contribution in [0.1, 0.15) is 43.6 Å². The number of pyridine rings is 1. The molecule has 27 heavy (non-hydrogen) atoms. The van der Waals surface area contributed by atoms with E-state index in [1.165, 1.54) is 0 Å². The van der Waals surface area contributed by atoms with Crippen LogP contribution in [0.25, 0.3) is 0 Å². The first-order valence-electron chi connectivity index (χ1n) is 8.70. The Kier molecular flexibility index (Phi) is 6.46. The van der Waals surface area contributed by atoms with Crippen molar-refractivity contribution in [1.29, 1.82) is 0 Å². The number of hydrogen-bond donors (Lipinski definition) is 0. The normalized spacial score (nSPS) is 11.7. The van der Waals surface area contributed by atoms with Gasteiger partial charge in [0.2, 0.25) is 5.88 Å². The van der Waals surface area contributed by atoms with Crippen LogP contribution in [0.4, 0.5) is 13.2 Å². The Morgan fingerprint density at radius 3 is 2.15 bits per heavy atom. The van der Waals surface area contributed by atoms with Crippen LogP contribution in [0.15, 0.2) is 42.6 Å². The Labute approximate surface area is 157 Å². The van der Waals surface area contributed by atoms with Gasteiger partial charge in [-0.2, -0.15) is 13.2 Å². The molecule has 2 rings (SSSR count). The number of ether oxygens (including phenoxy) is 1. The second-order valence-electron chi connectivity index (χ2n) is 6.95. The molecular formula is C20H23F3N2O2. The summed E-state index contributed by atoms with van der Waals surface area (Å²) in [6.45, 7) is 8.69. The zero-order valence-electron chi connectivity index (χ0n) is 15.7. The topological polar surface area (TPSA) is 42.4 Å². The van der Waals surface area contributed by atoms with Gasteiger partial charge in [-0.15, -0.1) is 0 Å². The van der Waals surface area contributed by atoms with Crippen LogP contribution < -0.4 is 4.74 Å². The number of carbonyl (C=O) groups excluding carboxylic acids is 1. The maximum atomic E-state index is 12.7. The van der Waals surface area contributed by atoms with Crippen molar-refractivity contribution < 1.29 is 22.7 Å². The first-order chi connectivity index (χ1) is 12.6. The fourth-order valence-electron chi connectivity index (χ4n) is 2.48. The summed E-state index contributed by atoms with van der Waals surface area (Å²) in [4.78, 5) is 18.2. The van der Waals surface area contributed by atoms with Crippen LogP contribution in [-0.2, 0) is 6.18 Å². The third-order valence-electron chi connectivity index (χ3n) is 3.83. The molecule has 2 aromatic rings. The Bertz CT molecular complexity index is 754. The average molecular weight is 380 g/mol. The van der Waals surface area contributed by atoms with E-state index in [1.54, 1.807) is 29.2 Å². The number of rotatable bonds is 6. The molecule has 1 amide bonds. The van der Waals surface area contributed by atoms with Crippen molar-refractivity contribution in [2.75, 3.05) is 6.54 Å². The van der Waals surface area contributed by atoms with Crippen molar-refractivity contribution in [3.8, 4) is 11.6 Å². The van der Waals surface area contributed by atoms with Gasteiger partial charge in [0, 0.05) is 30.4 Å². The molecule has 0 aliphatic carbocycles. The van der Waals surface area contributed by atoms with Gasteiger partial charge in [-0.3, -0.25) is 4.79 Å². The summed E-state index contributed by atoms with van der Waals surface area (Å²) in [7, 11) is 0. The second-order valence-corrected chi connectivity index (χ2v) is 6.95. The van der Waals surface area contributed by atoms with Gasteiger partial charge in [-0.1, -0.05) is 13.8 Å². The van der Waals surface area contributed by atoms with Crippen molar-refractivity contribution in [2.24, 2.45) is 5.92 Å². The lowest BCUT2D eigenvalue weighted by molar-refractivity contribution is -0.137. The van der Waals surface area contributed by atoms with E-state index in [4.69, 9.17) is 4.74 Å². The van der Waals surface area contributed by atoms with Gasteiger partial charge in [0.05, 0.1) is 5.56 Å². The number of benzene rings is 1. The summed E-state index contributed by atoms with van der Waals surface area (Å²) < 4.78 is 43.1. The molecule has 0 saturated heterocycles. The first-order valence-corrected chi connectivity index (χ1v) is 8.70. The number of amides is 1. The van der Waals surface area contributed by atoms with E-state index in [0.29, 0.717) is 23.8 Å². The highest BCUT2D eigenvalue weighted by Crippen LogP contribution is 2.30. The maximum Gasteiger partial charge on any atom is 0.417 e. The standard InChI is InChI=1S/C20H23F3N2O2/c1-13(2)12-25(14(3)4)19(26)15-5-8-17(9-6-15)27-18-10-7-16(11-24-18)20(21,22)23/h5-11,13-14H,12H2,1-4H3. The van der Waals surface area contributed by atoms with E-state index in [2.05, 4.69) is 18.8 Å². The minimum Gasteiger partial charge on any atom is -0.439 e. The number of nitrogens with zero attached hydrogens (tertiary/aromatic N) is 2. The molecular weight excluding hydrogens is 357 g/mol. The van der Waals surface area contributed by atoms with Gasteiger partial charge in [-0.25, -0.2) is 4.98 Å². The lowest BCUT2D eigenvalue weighted by Crippen LogP contribution is -2.39. The summed E-state index contributed by atoms with van der Waals surface area (Å²) in [5.41, 5.74) is -0.313. The Balaban J connectivity index is 2.09. The highest BCUT2D eigenvalue weighted by Gasteiger charge is 2.30. The molecule has 0 fully saturated rings. The molecule has 7 heteroatoms. The van der Waals surface area contributed by atoms with Crippen LogP contribution in [-0.4, -0.2) is 28.4 Å². The van der Waals surface area contributed by atoms with Gasteiger partial charge >= 0.3 is 6.18 Å². The van der Waals surface area contributed by atoms with Crippen molar-refractivity contribution in [3.63, 3.8) is 0 Å². The van der Waals surface area contributed by atoms with Gasteiger partial charge < -0.3 is 9.64 Å². The molecule has 0 spiro atoms. The summed E-state index contributed by atoms with van der Waals surface area (Å²) in [6.07, 6.45) is -3.72. The van der Waals surface area contributed by atoms with E-state index in [9.17, 15) is 18.0 Å². The van der Waals surface area contributed by atoms with Crippen LogP contribution >= 0.6 is 0 Å². The molecule has 1 aromatic carbocycles. The summed E-state index contributed by atoms with van der Waals surface area (Å²) >= 11 is 0. The quantitative estimate of drug-likeness (QED) is 0.674. The number of alkyl halides is 3. The predicted octanol–water partition coefficient (Wildman–Crippen LogP) is 5.40. The highest BCUT2D eigenvalue weighted by molar-refractivity contribution is 5.94. The van der Waals surface area contributed by atoms with Gasteiger partial charge in [-0.05, 0) is 50.1 Å². The number of carbonyl (C=O) groups is 1. The summed E-state index contributed by atoms with van der Waals surface area (Å²) in [5.74, 6) is 0.715. The lowest BCUT2D eigenvalue weighted by atomic mass is 10.1. The molecule has 0 atom stereocenters. The average Bonchev–Trinajstić information content (AvgIpc) is 2.59. The van der Waals surface area contributed by atoms with Gasteiger partial charge in [0.25, 0.3) is 5.91 Å². The number of halogens is 3. The van der Waals surface area contributed by atoms with Crippen LogP contribution in [0.3, 0.4) is 0 Å². The third-order valence-corrected chi connectivity index (χ3v) is 3.83. The van der Waals surface area contributed by atoms with Gasteiger partial charge in [0.15, 0.2) is 0 Å². The predicted molar refractivity (Wildman–Crippen MR) is 96.8 cm³/mol. The van der Waals surface area contributed by atoms with Crippen molar-refractivity contribution in [1.82, 2.24) is 9.88 Å². The molecule has 1 heterocycles. The van der Waals surface area contributed by atoms with E-state index in [0.717, 1.165) is 18.3 Å². The van der Waals surface area contributed by atoms with E-state index < -0.39 is 11.7 Å². The SMILES string of the molecule is CC(C)CN(C(=O)c1ccc(Oc2ccc(C(F)(F)F)cn2)cc1)C(C)C. The second kappa shape index (κ2) is 8.41. The fourth-order valence-corrected chi connectivity index (χ4v) is 2.48. The lowest BCUT2D eigenvalue weighted by Gasteiger charge is -2.28. The molecule has 1 aromatic heterocycles. The van der Waals surface area contributed by atoms with Gasteiger partial charge in [0.1, 0.15) is 5.75 Å². The molecule has 0 aliphatic rings. The smallest absolute Gasteiger partial charge is 0.417 e. The minimum absolute atomic E-state index is 0.0469. The largest absolute Gasteiger partial charge is 0.439 e. The molecule has 0 radical (unpaired) electrons. The minimum atomic E-state index is -4.44. The van der Waals surface area contributed by atoms with E-state index in [-0.39, 0.29) is 17.8 Å². The Morgan fingerprint density at radius 1 is 1.07 bits per heavy atom. The van der Waals surface area contributed by atoms with E-state index in [1.807, 2.05) is 13.8 Å². The monoisotopic (exact) mass is 380 g/mol. The van der Waals surface area contributed by atoms with Crippen LogP contribution in [0.5, 0.6) is 11.6 Å². The highest BCUT2D eigenvalue weighted by atomic mass is 19.4. The molecule has 146 valence electrons. The maximum absolute atomic E-state index is 12.7. The molecule has 0 saturated carbocycles. The first kappa shape index (κ1) is 20.7. The molecule has 0 bridgehead atoms. The van der Waals surface area contributed by atoms with Crippen molar-refractivity contribution >= 4 is 5.91 Å². The van der Waals surface area contributed by atoms with Crippen LogP contribution in [0.2, 0.25) is 0 Å². The summed E-state index contributed by atoms with van der Waals surface area (Å²) in [5, 5.41) is 0. The Morgan fingerprint density at radius 2 is 1.70 bits per heavy atom. The number of aromatic nitrogens is 1. The molecule has 0 unspecified atom stereocenters. The van der Waals surface area contributed by atoms with Crippen molar-refractivity contribution in [3.05, 3.63) is 53.7 Å². The number of hydrogen-bond acceptors (Lipinski definition) is 3. The third kappa shape index (κ3) is 5.70. The molecule has 0 aliphatic heterocycles. The zero-order valence-corrected chi connectivity index (χ0v) is 15.7. The van der Waals surface area contributed by atoms with E-state index >= 15 is 0 Å². The summed E-state index contributed by atoms with van der Waals surface area (Å²) in [6, 6.07) is 8.61. The van der Waals surface area contributed by atoms with Crippen LogP contribution in [0, 0.1) is 5.92 Å². The van der Waals surface area contributed by atoms with Crippen molar-refractivity contribution in [2.45, 2.75) is 39.9 Å².